The van der Waals surface area contributed by atoms with Gasteiger partial charge in [-0.1, -0.05) is 133 Å². The van der Waals surface area contributed by atoms with E-state index in [9.17, 15) is 9.59 Å². The number of carbonyl (C=O) groups is 2. The van der Waals surface area contributed by atoms with Gasteiger partial charge in [0.2, 0.25) is 0 Å². The number of esters is 1. The number of ether oxygens (including phenoxy) is 14. The van der Waals surface area contributed by atoms with Crippen molar-refractivity contribution < 1.29 is 75.9 Å². The van der Waals surface area contributed by atoms with Crippen molar-refractivity contribution in [3.8, 4) is 11.1 Å². The first-order valence-electron chi connectivity index (χ1n) is 28.3. The Hall–Kier alpha value is -3.30. The molecule has 0 spiro atoms. The first-order valence-corrected chi connectivity index (χ1v) is 28.3. The summed E-state index contributed by atoms with van der Waals surface area (Å²) in [6, 6.07) is 16.6. The highest BCUT2D eigenvalue weighted by atomic mass is 16.6. The number of nitrogens with zero attached hydrogens (tertiary/aromatic N) is 1. The minimum Gasteiger partial charge on any atom is -0.463 e. The van der Waals surface area contributed by atoms with Crippen LogP contribution in [0.4, 0.5) is 4.79 Å². The second-order valence-corrected chi connectivity index (χ2v) is 18.3. The molecule has 0 fully saturated rings. The van der Waals surface area contributed by atoms with E-state index >= 15 is 0 Å². The van der Waals surface area contributed by atoms with Gasteiger partial charge in [0.15, 0.2) is 0 Å². The van der Waals surface area contributed by atoms with Gasteiger partial charge in [0.25, 0.3) is 0 Å². The van der Waals surface area contributed by atoms with Crippen LogP contribution in [-0.4, -0.2) is 202 Å². The summed E-state index contributed by atoms with van der Waals surface area (Å²) in [5.41, 5.74) is 4.79. The van der Waals surface area contributed by atoms with Crippen LogP contribution in [0.5, 0.6) is 0 Å². The second kappa shape index (κ2) is 49.0. The maximum absolute atomic E-state index is 12.7. The number of unbranched alkanes of at least 4 members (excludes halogenated alkanes) is 12. The van der Waals surface area contributed by atoms with Gasteiger partial charge < -0.3 is 71.2 Å². The number of likely N-dealkylation sites (N-methyl/N-ethyl adjacent to an activating group) is 1. The van der Waals surface area contributed by atoms with Gasteiger partial charge >= 0.3 is 12.1 Å². The molecule has 2 aromatic carbocycles. The van der Waals surface area contributed by atoms with Crippen molar-refractivity contribution in [2.75, 3.05) is 185 Å². The Kier molecular flexibility index (Phi) is 43.1. The number of benzene rings is 2. The SMILES string of the molecule is CCCCCCCCCCCCCCCC(=O)OCCOCCOCCOCCOCCOCCOCCOCCOCCOCCOCCOCCOCCN(C)C(=O)OCC1c2ccccc2-c2ccccc21. The predicted octanol–water partition coefficient (Wildman–Crippen LogP) is 9.09. The van der Waals surface area contributed by atoms with Gasteiger partial charge in [-0.05, 0) is 28.7 Å². The molecule has 0 unspecified atom stereocenters. The van der Waals surface area contributed by atoms with E-state index in [-0.39, 0.29) is 24.6 Å². The average molecular weight is 1060 g/mol. The molecule has 75 heavy (non-hydrogen) atoms. The van der Waals surface area contributed by atoms with E-state index in [0.29, 0.717) is 178 Å². The number of amides is 1. The fourth-order valence-corrected chi connectivity index (χ4v) is 8.09. The highest BCUT2D eigenvalue weighted by Gasteiger charge is 2.29. The predicted molar refractivity (Wildman–Crippen MR) is 289 cm³/mol. The van der Waals surface area contributed by atoms with Crippen LogP contribution >= 0.6 is 0 Å². The first kappa shape index (κ1) is 66.0. The molecule has 0 saturated heterocycles. The number of carbonyl (C=O) groups excluding carboxylic acids is 2. The van der Waals surface area contributed by atoms with E-state index in [1.807, 2.05) is 24.3 Å². The lowest BCUT2D eigenvalue weighted by atomic mass is 9.98. The summed E-state index contributed by atoms with van der Waals surface area (Å²) in [5.74, 6) is -0.104. The zero-order valence-electron chi connectivity index (χ0n) is 46.2. The summed E-state index contributed by atoms with van der Waals surface area (Å²) in [4.78, 5) is 26.1. The minimum atomic E-state index is -0.368. The molecule has 0 heterocycles. The van der Waals surface area contributed by atoms with Gasteiger partial charge in [0.05, 0.1) is 159 Å². The Morgan fingerprint density at radius 2 is 0.667 bits per heavy atom. The van der Waals surface area contributed by atoms with Crippen LogP contribution in [0.2, 0.25) is 0 Å². The third kappa shape index (κ3) is 35.7. The molecule has 3 rings (SSSR count). The quantitative estimate of drug-likeness (QED) is 0.0454. The molecule has 1 aliphatic rings. The molecule has 0 atom stereocenters. The van der Waals surface area contributed by atoms with E-state index in [0.717, 1.165) is 12.8 Å². The van der Waals surface area contributed by atoms with E-state index in [1.54, 1.807) is 7.05 Å². The molecule has 0 bridgehead atoms. The fourth-order valence-electron chi connectivity index (χ4n) is 8.09. The molecule has 0 aromatic heterocycles. The smallest absolute Gasteiger partial charge is 0.409 e. The second-order valence-electron chi connectivity index (χ2n) is 18.3. The highest BCUT2D eigenvalue weighted by molar-refractivity contribution is 5.79. The van der Waals surface area contributed by atoms with Crippen molar-refractivity contribution in [1.82, 2.24) is 4.90 Å². The molecule has 0 saturated carbocycles. The van der Waals surface area contributed by atoms with Gasteiger partial charge in [-0.2, -0.15) is 0 Å². The van der Waals surface area contributed by atoms with Crippen molar-refractivity contribution >= 4 is 12.1 Å². The van der Waals surface area contributed by atoms with Crippen LogP contribution in [-0.2, 0) is 71.1 Å². The zero-order valence-corrected chi connectivity index (χ0v) is 46.2. The van der Waals surface area contributed by atoms with Gasteiger partial charge in [0, 0.05) is 25.9 Å². The van der Waals surface area contributed by atoms with E-state index in [1.165, 1.54) is 97.8 Å². The molecule has 17 heteroatoms. The molecule has 1 amide bonds. The van der Waals surface area contributed by atoms with Crippen molar-refractivity contribution in [3.05, 3.63) is 59.7 Å². The lowest BCUT2D eigenvalue weighted by Gasteiger charge is -2.19. The number of hydrogen-bond donors (Lipinski definition) is 0. The summed E-state index contributed by atoms with van der Waals surface area (Å²) in [6.45, 7) is 14.4. The number of fused-ring (bicyclic) bond motifs is 3. The van der Waals surface area contributed by atoms with Gasteiger partial charge in [-0.15, -0.1) is 0 Å². The third-order valence-corrected chi connectivity index (χ3v) is 12.3. The van der Waals surface area contributed by atoms with E-state index in [2.05, 4.69) is 31.2 Å². The van der Waals surface area contributed by atoms with Gasteiger partial charge in [-0.3, -0.25) is 4.79 Å². The summed E-state index contributed by atoms with van der Waals surface area (Å²) in [5, 5.41) is 0. The van der Waals surface area contributed by atoms with Crippen LogP contribution in [0.1, 0.15) is 114 Å². The van der Waals surface area contributed by atoms with Crippen LogP contribution in [0.15, 0.2) is 48.5 Å². The fraction of sp³-hybridized carbons (Fsp3) is 0.759. The van der Waals surface area contributed by atoms with Gasteiger partial charge in [0.1, 0.15) is 13.2 Å². The molecule has 2 aromatic rings. The molecule has 430 valence electrons. The topological polar surface area (TPSA) is 167 Å². The number of rotatable bonds is 55. The Morgan fingerprint density at radius 1 is 0.373 bits per heavy atom. The zero-order chi connectivity index (χ0) is 53.2. The molecule has 1 aliphatic carbocycles. The van der Waals surface area contributed by atoms with Crippen LogP contribution in [0.3, 0.4) is 0 Å². The van der Waals surface area contributed by atoms with Crippen molar-refractivity contribution in [2.24, 2.45) is 0 Å². The standard InChI is InChI=1S/C58H97NO16/c1-3-4-5-6-7-8-9-10-11-12-13-14-15-24-57(60)74-50-49-73-48-47-72-46-45-71-44-43-70-42-41-69-40-39-68-38-37-67-36-35-66-34-33-65-32-31-64-30-29-63-28-27-62-26-25-59(2)58(61)75-51-56-54-22-18-16-20-52(54)53-21-17-19-23-55(53)56/h16-23,56H,3-15,24-51H2,1-2H3. The molecular weight excluding hydrogens is 967 g/mol. The first-order chi connectivity index (χ1) is 37.1. The van der Waals surface area contributed by atoms with Crippen molar-refractivity contribution in [3.63, 3.8) is 0 Å². The molecule has 0 aliphatic heterocycles. The van der Waals surface area contributed by atoms with Crippen LogP contribution in [0, 0.1) is 0 Å². The summed E-state index contributed by atoms with van der Waals surface area (Å²) >= 11 is 0. The summed E-state index contributed by atoms with van der Waals surface area (Å²) in [7, 11) is 1.71. The largest absolute Gasteiger partial charge is 0.463 e. The van der Waals surface area contributed by atoms with Gasteiger partial charge in [-0.25, -0.2) is 4.79 Å². The summed E-state index contributed by atoms with van der Waals surface area (Å²) in [6.07, 6.45) is 16.9. The lowest BCUT2D eigenvalue weighted by molar-refractivity contribution is -0.145. The monoisotopic (exact) mass is 1060 g/mol. The van der Waals surface area contributed by atoms with Crippen molar-refractivity contribution in [1.29, 1.82) is 0 Å². The highest BCUT2D eigenvalue weighted by Crippen LogP contribution is 2.44. The maximum Gasteiger partial charge on any atom is 0.409 e. The average Bonchev–Trinajstić information content (AvgIpc) is 3.76. The van der Waals surface area contributed by atoms with Crippen molar-refractivity contribution in [2.45, 2.75) is 103 Å². The third-order valence-electron chi connectivity index (χ3n) is 12.3. The molecular formula is C58H97NO16. The van der Waals surface area contributed by atoms with Crippen LogP contribution < -0.4 is 0 Å². The molecule has 0 radical (unpaired) electrons. The Bertz CT molecular complexity index is 1580. The number of hydrogen-bond acceptors (Lipinski definition) is 16. The molecule has 0 N–H and O–H groups in total. The molecule has 17 nitrogen and oxygen atoms in total. The minimum absolute atomic E-state index is 0.0328. The lowest BCUT2D eigenvalue weighted by Crippen LogP contribution is -2.32. The Labute approximate surface area is 450 Å². The normalized spacial score (nSPS) is 12.1. The van der Waals surface area contributed by atoms with E-state index in [4.69, 9.17) is 66.3 Å². The van der Waals surface area contributed by atoms with E-state index < -0.39 is 0 Å². The summed E-state index contributed by atoms with van der Waals surface area (Å²) < 4.78 is 77.4. The maximum atomic E-state index is 12.7. The Balaban J connectivity index is 0.900. The Morgan fingerprint density at radius 3 is 1.01 bits per heavy atom. The van der Waals surface area contributed by atoms with Crippen LogP contribution in [0.25, 0.3) is 11.1 Å².